The van der Waals surface area contributed by atoms with Gasteiger partial charge in [0.05, 0.1) is 11.4 Å². The highest BCUT2D eigenvalue weighted by Gasteiger charge is 2.35. The molecule has 0 amide bonds. The summed E-state index contributed by atoms with van der Waals surface area (Å²) >= 11 is 0. The van der Waals surface area contributed by atoms with Gasteiger partial charge in [-0.15, -0.1) is 0 Å². The normalized spacial score (nSPS) is 13.0. The second kappa shape index (κ2) is 13.3. The minimum atomic E-state index is -0.0708. The molecule has 0 bridgehead atoms. The number of benzene rings is 11. The lowest BCUT2D eigenvalue weighted by Gasteiger charge is -2.30. The topological polar surface area (TPSA) is 3.24 Å². The van der Waals surface area contributed by atoms with Crippen molar-refractivity contribution in [3.63, 3.8) is 0 Å². The molecule has 0 aliphatic heterocycles. The molecule has 12 rings (SSSR count). The Bertz CT molecular complexity index is 3520. The fourth-order valence-electron chi connectivity index (χ4n) is 10.3. The van der Waals surface area contributed by atoms with Gasteiger partial charge >= 0.3 is 0 Å². The first kappa shape index (κ1) is 34.6. The summed E-state index contributed by atoms with van der Waals surface area (Å²) in [5, 5.41) is 12.7. The van der Waals surface area contributed by atoms with Crippen molar-refractivity contribution in [1.29, 1.82) is 0 Å². The van der Waals surface area contributed by atoms with Gasteiger partial charge in [-0.25, -0.2) is 0 Å². The predicted molar refractivity (Wildman–Crippen MR) is 257 cm³/mol. The van der Waals surface area contributed by atoms with Crippen LogP contribution in [-0.4, -0.2) is 0 Å². The second-order valence-corrected chi connectivity index (χ2v) is 16.8. The molecule has 1 nitrogen and oxygen atoms in total. The van der Waals surface area contributed by atoms with E-state index in [0.717, 1.165) is 17.1 Å². The van der Waals surface area contributed by atoms with Crippen LogP contribution in [0.2, 0.25) is 0 Å². The zero-order valence-electron chi connectivity index (χ0n) is 33.7. The van der Waals surface area contributed by atoms with E-state index in [-0.39, 0.29) is 5.41 Å². The quantitative estimate of drug-likeness (QED) is 0.158. The van der Waals surface area contributed by atoms with E-state index in [1.165, 1.54) is 98.4 Å². The summed E-state index contributed by atoms with van der Waals surface area (Å²) in [4.78, 5) is 2.49. The van der Waals surface area contributed by atoms with Gasteiger partial charge in [-0.3, -0.25) is 0 Å². The van der Waals surface area contributed by atoms with Gasteiger partial charge in [0.2, 0.25) is 0 Å². The summed E-state index contributed by atoms with van der Waals surface area (Å²) in [5.74, 6) is 0. The monoisotopic (exact) mass is 763 g/mol. The Hall–Kier alpha value is -7.48. The highest BCUT2D eigenvalue weighted by atomic mass is 15.1. The van der Waals surface area contributed by atoms with Gasteiger partial charge in [0, 0.05) is 22.1 Å². The number of anilines is 3. The Kier molecular flexibility index (Phi) is 7.65. The van der Waals surface area contributed by atoms with Gasteiger partial charge in [0.25, 0.3) is 0 Å². The van der Waals surface area contributed by atoms with Crippen LogP contribution in [-0.2, 0) is 5.41 Å². The number of fused-ring (bicyclic) bond motifs is 11. The first-order valence-corrected chi connectivity index (χ1v) is 21.0. The lowest BCUT2D eigenvalue weighted by Crippen LogP contribution is -2.15. The molecule has 1 aliphatic rings. The van der Waals surface area contributed by atoms with E-state index in [1.54, 1.807) is 0 Å². The van der Waals surface area contributed by atoms with E-state index in [1.807, 2.05) is 0 Å². The van der Waals surface area contributed by atoms with Gasteiger partial charge in [-0.1, -0.05) is 196 Å². The highest BCUT2D eigenvalue weighted by Crippen LogP contribution is 2.52. The van der Waals surface area contributed by atoms with Crippen molar-refractivity contribution >= 4 is 70.9 Å². The van der Waals surface area contributed by atoms with E-state index in [9.17, 15) is 0 Å². The van der Waals surface area contributed by atoms with Gasteiger partial charge in [0.15, 0.2) is 0 Å². The van der Waals surface area contributed by atoms with Crippen LogP contribution in [0.1, 0.15) is 25.0 Å². The van der Waals surface area contributed by atoms with Crippen LogP contribution in [0.25, 0.3) is 87.2 Å². The molecule has 0 atom stereocenters. The maximum atomic E-state index is 2.49. The van der Waals surface area contributed by atoms with Crippen molar-refractivity contribution in [3.05, 3.63) is 223 Å². The second-order valence-electron chi connectivity index (χ2n) is 16.8. The van der Waals surface area contributed by atoms with Crippen LogP contribution < -0.4 is 4.90 Å². The Morgan fingerprint density at radius 3 is 1.72 bits per heavy atom. The molecule has 0 spiro atoms. The molecule has 0 saturated carbocycles. The number of hydrogen-bond donors (Lipinski definition) is 0. The lowest BCUT2D eigenvalue weighted by atomic mass is 9.82. The molecular weight excluding hydrogens is 723 g/mol. The Morgan fingerprint density at radius 2 is 0.917 bits per heavy atom. The van der Waals surface area contributed by atoms with Crippen molar-refractivity contribution in [2.24, 2.45) is 0 Å². The van der Waals surface area contributed by atoms with E-state index in [0.29, 0.717) is 0 Å². The van der Waals surface area contributed by atoms with E-state index < -0.39 is 0 Å². The molecule has 0 saturated heterocycles. The third kappa shape index (κ3) is 5.19. The smallest absolute Gasteiger partial charge is 0.0540 e. The summed E-state index contributed by atoms with van der Waals surface area (Å²) in [6.07, 6.45) is 0. The summed E-state index contributed by atoms with van der Waals surface area (Å²) in [5.41, 5.74) is 13.5. The molecule has 282 valence electrons. The Morgan fingerprint density at radius 1 is 0.317 bits per heavy atom. The van der Waals surface area contributed by atoms with E-state index in [2.05, 4.69) is 231 Å². The summed E-state index contributed by atoms with van der Waals surface area (Å²) in [7, 11) is 0. The van der Waals surface area contributed by atoms with Crippen molar-refractivity contribution in [2.75, 3.05) is 4.90 Å². The molecule has 0 radical (unpaired) electrons. The molecule has 11 aromatic carbocycles. The molecule has 60 heavy (non-hydrogen) atoms. The van der Waals surface area contributed by atoms with Crippen LogP contribution in [0.5, 0.6) is 0 Å². The van der Waals surface area contributed by atoms with Crippen LogP contribution in [0.4, 0.5) is 17.1 Å². The SMILES string of the molecule is CC1(C)c2ccccc2-c2cc(N(c3ccccc3-c3ccccc3)c3ccc(-c4ccc5c(ccc6ccc7ccc8ccccc8c7c65)c4)c4ccccc34)ccc21. The largest absolute Gasteiger partial charge is 0.309 e. The molecular formula is C59H41N. The minimum absolute atomic E-state index is 0.0708. The van der Waals surface area contributed by atoms with Crippen molar-refractivity contribution in [2.45, 2.75) is 19.3 Å². The van der Waals surface area contributed by atoms with Gasteiger partial charge in [0.1, 0.15) is 0 Å². The summed E-state index contributed by atoms with van der Waals surface area (Å²) < 4.78 is 0. The molecule has 1 aliphatic carbocycles. The highest BCUT2D eigenvalue weighted by molar-refractivity contribution is 6.27. The van der Waals surface area contributed by atoms with E-state index in [4.69, 9.17) is 0 Å². The summed E-state index contributed by atoms with van der Waals surface area (Å²) in [6.45, 7) is 4.71. The average Bonchev–Trinajstić information content (AvgIpc) is 3.54. The zero-order chi connectivity index (χ0) is 40.0. The average molecular weight is 764 g/mol. The first-order chi connectivity index (χ1) is 29.5. The fraction of sp³-hybridized carbons (Fsp3) is 0.0508. The maximum Gasteiger partial charge on any atom is 0.0540 e. The maximum absolute atomic E-state index is 2.49. The minimum Gasteiger partial charge on any atom is -0.309 e. The molecule has 0 heterocycles. The predicted octanol–water partition coefficient (Wildman–Crippen LogP) is 16.6. The Labute approximate surface area is 350 Å². The standard InChI is InChI=1S/C59H41N/c1-59(2)53-22-12-10-20-50(53)52-37-44(31-34-54(52)59)60(55-23-13-11-17-46(55)38-14-4-3-5-15-38)56-35-33-45(49-19-8-9-21-51(49)56)42-30-32-48-43(36-42)29-28-41-27-26-40-25-24-39-16-6-7-18-47(39)57(40)58(41)48/h3-37H,1-2H3. The van der Waals surface area contributed by atoms with Gasteiger partial charge in [-0.05, 0) is 118 Å². The number of hydrogen-bond acceptors (Lipinski definition) is 1. The van der Waals surface area contributed by atoms with Crippen LogP contribution in [0, 0.1) is 0 Å². The van der Waals surface area contributed by atoms with Crippen molar-refractivity contribution < 1.29 is 0 Å². The first-order valence-electron chi connectivity index (χ1n) is 21.0. The fourth-order valence-corrected chi connectivity index (χ4v) is 10.3. The number of rotatable bonds is 5. The zero-order valence-corrected chi connectivity index (χ0v) is 33.7. The van der Waals surface area contributed by atoms with Crippen LogP contribution in [0.3, 0.4) is 0 Å². The number of para-hydroxylation sites is 1. The van der Waals surface area contributed by atoms with Gasteiger partial charge < -0.3 is 4.90 Å². The third-order valence-corrected chi connectivity index (χ3v) is 13.2. The molecule has 0 fully saturated rings. The number of nitrogens with zero attached hydrogens (tertiary/aromatic N) is 1. The molecule has 1 heteroatoms. The van der Waals surface area contributed by atoms with Crippen LogP contribution in [0.15, 0.2) is 212 Å². The molecule has 0 N–H and O–H groups in total. The van der Waals surface area contributed by atoms with Crippen molar-refractivity contribution in [1.82, 2.24) is 0 Å². The van der Waals surface area contributed by atoms with Gasteiger partial charge in [-0.2, -0.15) is 0 Å². The lowest BCUT2D eigenvalue weighted by molar-refractivity contribution is 0.660. The van der Waals surface area contributed by atoms with Crippen molar-refractivity contribution in [3.8, 4) is 33.4 Å². The Balaban J connectivity index is 1.07. The molecule has 0 unspecified atom stereocenters. The molecule has 0 aromatic heterocycles. The summed E-state index contributed by atoms with van der Waals surface area (Å²) in [6, 6.07) is 78.8. The van der Waals surface area contributed by atoms with Crippen LogP contribution >= 0.6 is 0 Å². The third-order valence-electron chi connectivity index (χ3n) is 13.2. The molecule has 11 aromatic rings. The van der Waals surface area contributed by atoms with E-state index >= 15 is 0 Å².